The highest BCUT2D eigenvalue weighted by Crippen LogP contribution is 2.34. The van der Waals surface area contributed by atoms with Gasteiger partial charge in [0.25, 0.3) is 0 Å². The highest BCUT2D eigenvalue weighted by atomic mass is 16.6. The molecule has 0 spiro atoms. The Bertz CT molecular complexity index is 536. The lowest BCUT2D eigenvalue weighted by atomic mass is 9.94. The first-order valence-electron chi connectivity index (χ1n) is 6.20. The van der Waals surface area contributed by atoms with E-state index in [-0.39, 0.29) is 37.5 Å². The maximum atomic E-state index is 11.5. The van der Waals surface area contributed by atoms with Crippen LogP contribution in [0.3, 0.4) is 0 Å². The molecule has 1 aromatic carbocycles. The molecular formula is C13H15NO6. The Hall–Kier alpha value is -2.15. The van der Waals surface area contributed by atoms with Crippen LogP contribution in [0.25, 0.3) is 0 Å². The molecule has 0 bridgehead atoms. The molecule has 7 heteroatoms. The summed E-state index contributed by atoms with van der Waals surface area (Å²) in [5.74, 6) is -1.15. The minimum absolute atomic E-state index is 0.0232. The molecule has 1 aliphatic heterocycles. The van der Waals surface area contributed by atoms with Gasteiger partial charge < -0.3 is 14.6 Å². The van der Waals surface area contributed by atoms with Gasteiger partial charge in [0.05, 0.1) is 18.1 Å². The van der Waals surface area contributed by atoms with Crippen LogP contribution in [0.2, 0.25) is 0 Å². The van der Waals surface area contributed by atoms with Gasteiger partial charge in [-0.05, 0) is 18.6 Å². The van der Waals surface area contributed by atoms with Crippen molar-refractivity contribution in [3.05, 3.63) is 33.9 Å². The lowest BCUT2D eigenvalue weighted by molar-refractivity contribution is -0.386. The van der Waals surface area contributed by atoms with Gasteiger partial charge in [0.15, 0.2) is 5.75 Å². The predicted molar refractivity (Wildman–Crippen MR) is 68.9 cm³/mol. The molecule has 0 aliphatic carbocycles. The zero-order valence-corrected chi connectivity index (χ0v) is 11.0. The van der Waals surface area contributed by atoms with E-state index in [0.29, 0.717) is 5.56 Å². The number of carboxylic acids is 1. The number of nitro benzene ring substituents is 1. The lowest BCUT2D eigenvalue weighted by Gasteiger charge is -2.33. The maximum absolute atomic E-state index is 11.5. The minimum Gasteiger partial charge on any atom is -0.478 e. The van der Waals surface area contributed by atoms with Gasteiger partial charge in [0.1, 0.15) is 0 Å². The molecule has 0 radical (unpaired) electrons. The van der Waals surface area contributed by atoms with Crippen molar-refractivity contribution in [1.82, 2.24) is 0 Å². The van der Waals surface area contributed by atoms with E-state index < -0.39 is 16.5 Å². The van der Waals surface area contributed by atoms with E-state index >= 15 is 0 Å². The van der Waals surface area contributed by atoms with E-state index in [1.54, 1.807) is 13.0 Å². The van der Waals surface area contributed by atoms with Crippen molar-refractivity contribution in [1.29, 1.82) is 0 Å². The summed E-state index contributed by atoms with van der Waals surface area (Å²) in [6, 6.07) is 4.45. The standard InChI is InChI=1S/C13H15NO6/c1-9-2-3-11(10(8-9)14(17)18)20-13(12(15)16)4-6-19-7-5-13/h2-3,8H,4-7H2,1H3,(H,15,16). The van der Waals surface area contributed by atoms with Crippen LogP contribution in [0.4, 0.5) is 5.69 Å². The number of ether oxygens (including phenoxy) is 2. The second-order valence-electron chi connectivity index (χ2n) is 4.74. The number of nitrogens with zero attached hydrogens (tertiary/aromatic N) is 1. The van der Waals surface area contributed by atoms with Gasteiger partial charge in [0.2, 0.25) is 5.60 Å². The summed E-state index contributed by atoms with van der Waals surface area (Å²) in [6.07, 6.45) is 0.320. The van der Waals surface area contributed by atoms with Crippen molar-refractivity contribution >= 4 is 11.7 Å². The van der Waals surface area contributed by atoms with Crippen molar-refractivity contribution in [2.75, 3.05) is 13.2 Å². The quantitative estimate of drug-likeness (QED) is 0.668. The molecule has 0 aromatic heterocycles. The summed E-state index contributed by atoms with van der Waals surface area (Å²) >= 11 is 0. The number of carboxylic acid groups (broad SMARTS) is 1. The van der Waals surface area contributed by atoms with Crippen molar-refractivity contribution in [3.8, 4) is 5.75 Å². The molecule has 0 saturated carbocycles. The summed E-state index contributed by atoms with van der Waals surface area (Å²) in [7, 11) is 0. The zero-order valence-electron chi connectivity index (χ0n) is 11.0. The highest BCUT2D eigenvalue weighted by Gasteiger charge is 2.44. The third-order valence-corrected chi connectivity index (χ3v) is 3.31. The number of nitro groups is 1. The van der Waals surface area contributed by atoms with Crippen LogP contribution < -0.4 is 4.74 Å². The molecule has 1 aromatic rings. The van der Waals surface area contributed by atoms with Crippen LogP contribution in [0, 0.1) is 17.0 Å². The van der Waals surface area contributed by atoms with Crippen molar-refractivity contribution in [2.45, 2.75) is 25.4 Å². The van der Waals surface area contributed by atoms with Crippen LogP contribution in [0.15, 0.2) is 18.2 Å². The van der Waals surface area contributed by atoms with E-state index in [4.69, 9.17) is 9.47 Å². The average Bonchev–Trinajstić information content (AvgIpc) is 2.41. The highest BCUT2D eigenvalue weighted by molar-refractivity contribution is 5.78. The summed E-state index contributed by atoms with van der Waals surface area (Å²) in [6.45, 7) is 2.23. The normalized spacial score (nSPS) is 17.4. The molecule has 2 rings (SSSR count). The number of rotatable bonds is 4. The van der Waals surface area contributed by atoms with Crippen LogP contribution in [0.1, 0.15) is 18.4 Å². The number of aryl methyl sites for hydroxylation is 1. The van der Waals surface area contributed by atoms with E-state index in [1.165, 1.54) is 12.1 Å². The molecule has 108 valence electrons. The van der Waals surface area contributed by atoms with Crippen molar-refractivity contribution in [2.24, 2.45) is 0 Å². The monoisotopic (exact) mass is 281 g/mol. The van der Waals surface area contributed by atoms with Gasteiger partial charge in [-0.3, -0.25) is 10.1 Å². The molecule has 1 N–H and O–H groups in total. The Morgan fingerprint density at radius 2 is 2.10 bits per heavy atom. The zero-order chi connectivity index (χ0) is 14.8. The molecule has 7 nitrogen and oxygen atoms in total. The van der Waals surface area contributed by atoms with Gasteiger partial charge >= 0.3 is 11.7 Å². The van der Waals surface area contributed by atoms with Crippen LogP contribution in [-0.2, 0) is 9.53 Å². The topological polar surface area (TPSA) is 98.9 Å². The molecule has 0 atom stereocenters. The molecule has 0 amide bonds. The van der Waals surface area contributed by atoms with Gasteiger partial charge in [-0.25, -0.2) is 4.79 Å². The first-order chi connectivity index (χ1) is 9.44. The molecule has 1 aliphatic rings. The number of carbonyl (C=O) groups is 1. The number of aliphatic carboxylic acids is 1. The Balaban J connectivity index is 2.36. The van der Waals surface area contributed by atoms with Gasteiger partial charge in [0, 0.05) is 18.9 Å². The van der Waals surface area contributed by atoms with E-state index in [1.807, 2.05) is 0 Å². The van der Waals surface area contributed by atoms with Crippen LogP contribution in [0.5, 0.6) is 5.75 Å². The van der Waals surface area contributed by atoms with Gasteiger partial charge in [-0.15, -0.1) is 0 Å². The predicted octanol–water partition coefficient (Wildman–Crippen LogP) is 1.92. The maximum Gasteiger partial charge on any atom is 0.348 e. The Labute approximate surface area is 115 Å². The summed E-state index contributed by atoms with van der Waals surface area (Å²) < 4.78 is 10.7. The van der Waals surface area contributed by atoms with E-state index in [2.05, 4.69) is 0 Å². The molecule has 0 unspecified atom stereocenters. The molecule has 1 fully saturated rings. The lowest BCUT2D eigenvalue weighted by Crippen LogP contribution is -2.49. The smallest absolute Gasteiger partial charge is 0.348 e. The van der Waals surface area contributed by atoms with E-state index in [9.17, 15) is 20.0 Å². The summed E-state index contributed by atoms with van der Waals surface area (Å²) in [4.78, 5) is 21.9. The molecule has 1 heterocycles. The third-order valence-electron chi connectivity index (χ3n) is 3.31. The fourth-order valence-corrected chi connectivity index (χ4v) is 2.13. The van der Waals surface area contributed by atoms with Crippen molar-refractivity contribution < 1.29 is 24.3 Å². The first-order valence-corrected chi connectivity index (χ1v) is 6.20. The Morgan fingerprint density at radius 1 is 1.45 bits per heavy atom. The Kier molecular flexibility index (Phi) is 3.89. The number of benzene rings is 1. The second kappa shape index (κ2) is 5.46. The fraction of sp³-hybridized carbons (Fsp3) is 0.462. The third kappa shape index (κ3) is 2.72. The second-order valence-corrected chi connectivity index (χ2v) is 4.74. The summed E-state index contributed by atoms with van der Waals surface area (Å²) in [5.41, 5.74) is -0.976. The largest absolute Gasteiger partial charge is 0.478 e. The molecule has 20 heavy (non-hydrogen) atoms. The van der Waals surface area contributed by atoms with Gasteiger partial charge in [-0.2, -0.15) is 0 Å². The van der Waals surface area contributed by atoms with Crippen molar-refractivity contribution in [3.63, 3.8) is 0 Å². The first kappa shape index (κ1) is 14.3. The average molecular weight is 281 g/mol. The Morgan fingerprint density at radius 3 is 2.65 bits per heavy atom. The SMILES string of the molecule is Cc1ccc(OC2(C(=O)O)CCOCC2)c([N+](=O)[O-])c1. The van der Waals surface area contributed by atoms with Gasteiger partial charge in [-0.1, -0.05) is 6.07 Å². The number of hydrogen-bond donors (Lipinski definition) is 1. The summed E-state index contributed by atoms with van der Waals surface area (Å²) in [5, 5.41) is 20.4. The molecular weight excluding hydrogens is 266 g/mol. The van der Waals surface area contributed by atoms with E-state index in [0.717, 1.165) is 0 Å². The fourth-order valence-electron chi connectivity index (χ4n) is 2.13. The number of hydrogen-bond acceptors (Lipinski definition) is 5. The van der Waals surface area contributed by atoms with Crippen LogP contribution in [-0.4, -0.2) is 34.8 Å². The molecule has 1 saturated heterocycles. The van der Waals surface area contributed by atoms with Crippen LogP contribution >= 0.6 is 0 Å². The minimum atomic E-state index is -1.46.